The molecule has 4 rings (SSSR count). The summed E-state index contributed by atoms with van der Waals surface area (Å²) in [5, 5.41) is 17.1. The number of rotatable bonds is 5. The van der Waals surface area contributed by atoms with Crippen LogP contribution in [0.15, 0.2) is 53.3 Å². The molecular weight excluding hydrogens is 438 g/mol. The van der Waals surface area contributed by atoms with E-state index < -0.39 is 6.09 Å². The van der Waals surface area contributed by atoms with Gasteiger partial charge in [-0.2, -0.15) is 9.89 Å². The van der Waals surface area contributed by atoms with Gasteiger partial charge < -0.3 is 5.11 Å². The Morgan fingerprint density at radius 3 is 2.48 bits per heavy atom. The Balaban J connectivity index is 1.72. The second-order valence-corrected chi connectivity index (χ2v) is 10.0. The van der Waals surface area contributed by atoms with Crippen molar-refractivity contribution < 1.29 is 14.4 Å². The molecule has 1 amide bonds. The Kier molecular flexibility index (Phi) is 6.86. The molecule has 1 aliphatic heterocycles. The van der Waals surface area contributed by atoms with E-state index in [2.05, 4.69) is 13.8 Å². The van der Waals surface area contributed by atoms with Crippen molar-refractivity contribution in [3.8, 4) is 0 Å². The van der Waals surface area contributed by atoms with Crippen LogP contribution in [-0.4, -0.2) is 45.1 Å². The maximum absolute atomic E-state index is 13.4. The molecule has 0 spiro atoms. The zero-order valence-corrected chi connectivity index (χ0v) is 20.0. The molecule has 1 saturated heterocycles. The van der Waals surface area contributed by atoms with Crippen LogP contribution in [0, 0.1) is 5.92 Å². The van der Waals surface area contributed by atoms with Crippen LogP contribution in [0.3, 0.4) is 0 Å². The standard InChI is InChI=1S/C26H30ClN3O3/c1-18(2)17-30(26(32)33)14-5-6-21(13-15-30)29-25(31)23-8-4-3-7-22(23)24(28-29)16-19-9-11-20(27)12-10-19/h3-4,7-12,18,21H,5-6,13-17H2,1-2H3/p+1. The van der Waals surface area contributed by atoms with Gasteiger partial charge in [0.15, 0.2) is 0 Å². The van der Waals surface area contributed by atoms with Crippen molar-refractivity contribution in [3.63, 3.8) is 0 Å². The maximum Gasteiger partial charge on any atom is 0.513 e. The van der Waals surface area contributed by atoms with Gasteiger partial charge in [0.2, 0.25) is 0 Å². The van der Waals surface area contributed by atoms with Gasteiger partial charge in [-0.05, 0) is 36.6 Å². The number of nitrogens with zero attached hydrogens (tertiary/aromatic N) is 3. The van der Waals surface area contributed by atoms with Crippen molar-refractivity contribution in [3.05, 3.63) is 75.2 Å². The van der Waals surface area contributed by atoms with Crippen molar-refractivity contribution in [2.45, 2.75) is 45.6 Å². The van der Waals surface area contributed by atoms with Crippen LogP contribution >= 0.6 is 11.6 Å². The molecule has 2 aromatic carbocycles. The Bertz CT molecular complexity index is 1210. The third-order valence-corrected chi connectivity index (χ3v) is 6.92. The van der Waals surface area contributed by atoms with E-state index >= 15 is 0 Å². The second-order valence-electron chi connectivity index (χ2n) is 9.58. The van der Waals surface area contributed by atoms with Crippen molar-refractivity contribution >= 4 is 28.5 Å². The highest BCUT2D eigenvalue weighted by molar-refractivity contribution is 6.30. The molecule has 3 aromatic rings. The number of hydrogen-bond donors (Lipinski definition) is 1. The molecule has 0 aliphatic carbocycles. The van der Waals surface area contributed by atoms with Crippen LogP contribution in [0.2, 0.25) is 5.02 Å². The Morgan fingerprint density at radius 2 is 1.82 bits per heavy atom. The first-order valence-corrected chi connectivity index (χ1v) is 12.0. The third-order valence-electron chi connectivity index (χ3n) is 6.67. The summed E-state index contributed by atoms with van der Waals surface area (Å²) in [6.07, 6.45) is 1.93. The number of carbonyl (C=O) groups is 1. The molecule has 33 heavy (non-hydrogen) atoms. The van der Waals surface area contributed by atoms with E-state index in [0.717, 1.165) is 29.5 Å². The van der Waals surface area contributed by atoms with Gasteiger partial charge in [-0.25, -0.2) is 9.16 Å². The predicted octanol–water partition coefficient (Wildman–Crippen LogP) is 5.52. The Morgan fingerprint density at radius 1 is 1.12 bits per heavy atom. The van der Waals surface area contributed by atoms with Crippen LogP contribution < -0.4 is 5.56 Å². The molecule has 1 aromatic heterocycles. The molecular formula is C26H31ClN3O3+. The first-order valence-electron chi connectivity index (χ1n) is 11.6. The van der Waals surface area contributed by atoms with Crippen molar-refractivity contribution in [2.24, 2.45) is 5.92 Å². The second kappa shape index (κ2) is 9.65. The van der Waals surface area contributed by atoms with Crippen LogP contribution in [0.1, 0.15) is 50.4 Å². The Hall–Kier alpha value is -2.70. The van der Waals surface area contributed by atoms with E-state index in [-0.39, 0.29) is 22.0 Å². The average molecular weight is 469 g/mol. The number of fused-ring (bicyclic) bond motifs is 1. The van der Waals surface area contributed by atoms with E-state index in [4.69, 9.17) is 16.7 Å². The first kappa shape index (κ1) is 23.5. The van der Waals surface area contributed by atoms with Gasteiger partial charge in [0, 0.05) is 29.2 Å². The summed E-state index contributed by atoms with van der Waals surface area (Å²) in [4.78, 5) is 25.6. The lowest BCUT2D eigenvalue weighted by Gasteiger charge is -2.33. The SMILES string of the molecule is CC(C)C[N+]1(C(=O)O)CCCC(n2nc(Cc3ccc(Cl)cc3)c3ccccc3c2=O)CC1. The van der Waals surface area contributed by atoms with E-state index in [0.29, 0.717) is 42.9 Å². The van der Waals surface area contributed by atoms with Crippen LogP contribution in [0.5, 0.6) is 0 Å². The third kappa shape index (κ3) is 4.97. The predicted molar refractivity (Wildman–Crippen MR) is 131 cm³/mol. The van der Waals surface area contributed by atoms with E-state index in [9.17, 15) is 14.7 Å². The average Bonchev–Trinajstić information content (AvgIpc) is 3.00. The molecule has 0 bridgehead atoms. The largest absolute Gasteiger partial charge is 0.513 e. The van der Waals surface area contributed by atoms with Gasteiger partial charge in [0.05, 0.1) is 36.8 Å². The first-order chi connectivity index (χ1) is 15.8. The normalized spacial score (nSPS) is 21.3. The van der Waals surface area contributed by atoms with Gasteiger partial charge in [0.1, 0.15) is 0 Å². The summed E-state index contributed by atoms with van der Waals surface area (Å²) in [5.74, 6) is 0.283. The van der Waals surface area contributed by atoms with E-state index in [1.807, 2.05) is 48.5 Å². The molecule has 0 saturated carbocycles. The minimum absolute atomic E-state index is 0.0636. The molecule has 2 heterocycles. The minimum atomic E-state index is -0.772. The summed E-state index contributed by atoms with van der Waals surface area (Å²) in [6, 6.07) is 15.2. The molecule has 0 radical (unpaired) electrons. The van der Waals surface area contributed by atoms with Gasteiger partial charge in [0.25, 0.3) is 5.56 Å². The molecule has 1 N–H and O–H groups in total. The summed E-state index contributed by atoms with van der Waals surface area (Å²) in [5.41, 5.74) is 1.81. The lowest BCUT2D eigenvalue weighted by molar-refractivity contribution is -0.860. The maximum atomic E-state index is 13.4. The van der Waals surface area contributed by atoms with Crippen LogP contribution in [0.4, 0.5) is 4.79 Å². The van der Waals surface area contributed by atoms with Crippen LogP contribution in [0.25, 0.3) is 10.8 Å². The minimum Gasteiger partial charge on any atom is -0.435 e. The number of amides is 1. The van der Waals surface area contributed by atoms with Crippen LogP contribution in [-0.2, 0) is 6.42 Å². The van der Waals surface area contributed by atoms with Crippen molar-refractivity contribution in [1.29, 1.82) is 0 Å². The monoisotopic (exact) mass is 468 g/mol. The fourth-order valence-corrected chi connectivity index (χ4v) is 5.25. The number of benzene rings is 2. The summed E-state index contributed by atoms with van der Waals surface area (Å²) in [6.45, 7) is 5.81. The molecule has 1 aliphatic rings. The van der Waals surface area contributed by atoms with Gasteiger partial charge in [-0.15, -0.1) is 0 Å². The number of hydrogen-bond acceptors (Lipinski definition) is 3. The quantitative estimate of drug-likeness (QED) is 0.500. The highest BCUT2D eigenvalue weighted by Gasteiger charge is 2.40. The Labute approximate surface area is 199 Å². The zero-order valence-electron chi connectivity index (χ0n) is 19.2. The number of halogens is 1. The fourth-order valence-electron chi connectivity index (χ4n) is 5.13. The highest BCUT2D eigenvalue weighted by atomic mass is 35.5. The van der Waals surface area contributed by atoms with E-state index in [1.54, 1.807) is 4.68 Å². The smallest absolute Gasteiger partial charge is 0.435 e. The topological polar surface area (TPSA) is 72.2 Å². The molecule has 174 valence electrons. The number of likely N-dealkylation sites (tertiary alicyclic amines) is 1. The molecule has 2 unspecified atom stereocenters. The van der Waals surface area contributed by atoms with Gasteiger partial charge in [-0.3, -0.25) is 4.79 Å². The highest BCUT2D eigenvalue weighted by Crippen LogP contribution is 2.28. The number of carboxylic acid groups (broad SMARTS) is 1. The molecule has 1 fully saturated rings. The molecule has 2 atom stereocenters. The summed E-state index contributed by atoms with van der Waals surface area (Å²) in [7, 11) is 0. The summed E-state index contributed by atoms with van der Waals surface area (Å²) < 4.78 is 1.69. The zero-order chi connectivity index (χ0) is 23.6. The molecule has 6 nitrogen and oxygen atoms in total. The molecule has 7 heteroatoms. The number of quaternary nitrogens is 1. The number of aromatic nitrogens is 2. The van der Waals surface area contributed by atoms with Gasteiger partial charge >= 0.3 is 6.09 Å². The van der Waals surface area contributed by atoms with Crippen molar-refractivity contribution in [1.82, 2.24) is 9.78 Å². The van der Waals surface area contributed by atoms with Crippen molar-refractivity contribution in [2.75, 3.05) is 19.6 Å². The lowest BCUT2D eigenvalue weighted by atomic mass is 10.0. The summed E-state index contributed by atoms with van der Waals surface area (Å²) >= 11 is 6.05. The lowest BCUT2D eigenvalue weighted by Crippen LogP contribution is -2.54. The van der Waals surface area contributed by atoms with Gasteiger partial charge in [-0.1, -0.05) is 55.8 Å². The fraction of sp³-hybridized carbons (Fsp3) is 0.423. The van der Waals surface area contributed by atoms with E-state index in [1.165, 1.54) is 0 Å².